The zero-order valence-electron chi connectivity index (χ0n) is 8.43. The molecule has 0 aliphatic heterocycles. The van der Waals surface area contributed by atoms with E-state index < -0.39 is 0 Å². The fourth-order valence-electron chi connectivity index (χ4n) is 1.56. The molecule has 0 unspecified atom stereocenters. The monoisotopic (exact) mass is 196 g/mol. The maximum Gasteiger partial charge on any atom is 0.245 e. The summed E-state index contributed by atoms with van der Waals surface area (Å²) in [7, 11) is 1.87. The summed E-state index contributed by atoms with van der Waals surface area (Å²) in [5.41, 5.74) is 5.50. The number of nitrogens with two attached hydrogens (primary N) is 1. The van der Waals surface area contributed by atoms with E-state index in [0.29, 0.717) is 12.6 Å². The second-order valence-corrected chi connectivity index (χ2v) is 3.67. The number of nitrogens with zero attached hydrogens (tertiary/aromatic N) is 5. The Morgan fingerprint density at radius 1 is 1.57 bits per heavy atom. The van der Waals surface area contributed by atoms with Gasteiger partial charge >= 0.3 is 0 Å². The summed E-state index contributed by atoms with van der Waals surface area (Å²) in [6, 6.07) is 0.631. The van der Waals surface area contributed by atoms with E-state index in [1.165, 1.54) is 12.8 Å². The Balaban J connectivity index is 2.06. The van der Waals surface area contributed by atoms with E-state index in [1.807, 2.05) is 7.05 Å². The van der Waals surface area contributed by atoms with Crippen molar-refractivity contribution in [3.05, 3.63) is 0 Å². The molecule has 0 amide bonds. The molecule has 0 saturated heterocycles. The summed E-state index contributed by atoms with van der Waals surface area (Å²) >= 11 is 0. The molecule has 14 heavy (non-hydrogen) atoms. The molecule has 1 fully saturated rings. The molecule has 6 nitrogen and oxygen atoms in total. The minimum atomic E-state index is 0.631. The van der Waals surface area contributed by atoms with E-state index in [2.05, 4.69) is 20.4 Å². The van der Waals surface area contributed by atoms with Crippen LogP contribution in [-0.2, 0) is 7.05 Å². The summed E-state index contributed by atoms with van der Waals surface area (Å²) in [4.78, 5) is 2.26. The van der Waals surface area contributed by atoms with Gasteiger partial charge in [0.05, 0.1) is 0 Å². The zero-order valence-corrected chi connectivity index (χ0v) is 8.43. The van der Waals surface area contributed by atoms with Gasteiger partial charge in [-0.3, -0.25) is 0 Å². The first kappa shape index (κ1) is 9.39. The third-order valence-corrected chi connectivity index (χ3v) is 2.45. The Kier molecular flexibility index (Phi) is 2.62. The van der Waals surface area contributed by atoms with E-state index in [0.717, 1.165) is 18.9 Å². The predicted octanol–water partition coefficient (Wildman–Crippen LogP) is -0.472. The lowest BCUT2D eigenvalue weighted by molar-refractivity contribution is 0.659. The Hall–Kier alpha value is -1.17. The van der Waals surface area contributed by atoms with Crippen molar-refractivity contribution in [2.24, 2.45) is 12.8 Å². The topological polar surface area (TPSA) is 72.9 Å². The van der Waals surface area contributed by atoms with E-state index in [9.17, 15) is 0 Å². The van der Waals surface area contributed by atoms with Crippen LogP contribution in [0, 0.1) is 0 Å². The van der Waals surface area contributed by atoms with Crippen LogP contribution in [0.4, 0.5) is 5.95 Å². The van der Waals surface area contributed by atoms with E-state index >= 15 is 0 Å². The summed E-state index contributed by atoms with van der Waals surface area (Å²) in [6.45, 7) is 1.67. The minimum absolute atomic E-state index is 0.631. The minimum Gasteiger partial charge on any atom is -0.337 e. The number of aryl methyl sites for hydroxylation is 1. The summed E-state index contributed by atoms with van der Waals surface area (Å²) < 4.78 is 1.72. The normalized spacial score (nSPS) is 15.9. The molecular weight excluding hydrogens is 180 g/mol. The van der Waals surface area contributed by atoms with Gasteiger partial charge < -0.3 is 10.6 Å². The Bertz CT molecular complexity index is 292. The second kappa shape index (κ2) is 3.91. The summed E-state index contributed by atoms with van der Waals surface area (Å²) in [5.74, 6) is 0.862. The van der Waals surface area contributed by atoms with Crippen molar-refractivity contribution in [3.8, 4) is 0 Å². The quantitative estimate of drug-likeness (QED) is 0.689. The van der Waals surface area contributed by atoms with E-state index in [4.69, 9.17) is 5.73 Å². The summed E-state index contributed by atoms with van der Waals surface area (Å²) in [6.07, 6.45) is 3.48. The molecule has 1 saturated carbocycles. The molecule has 1 aliphatic rings. The predicted molar refractivity (Wildman–Crippen MR) is 52.8 cm³/mol. The van der Waals surface area contributed by atoms with Gasteiger partial charge in [-0.05, 0) is 36.2 Å². The maximum absolute atomic E-state index is 5.50. The molecule has 6 heteroatoms. The fraction of sp³-hybridized carbons (Fsp3) is 0.875. The molecule has 1 aromatic rings. The third-order valence-electron chi connectivity index (χ3n) is 2.45. The lowest BCUT2D eigenvalue weighted by Gasteiger charge is -2.21. The van der Waals surface area contributed by atoms with E-state index in [1.54, 1.807) is 4.68 Å². The molecule has 0 bridgehead atoms. The molecular formula is C8H16N6. The number of hydrogen-bond acceptors (Lipinski definition) is 5. The van der Waals surface area contributed by atoms with Crippen molar-refractivity contribution in [3.63, 3.8) is 0 Å². The average Bonchev–Trinajstić information content (AvgIpc) is 2.92. The highest BCUT2D eigenvalue weighted by atomic mass is 15.6. The highest BCUT2D eigenvalue weighted by Gasteiger charge is 2.31. The fourth-order valence-corrected chi connectivity index (χ4v) is 1.56. The van der Waals surface area contributed by atoms with Gasteiger partial charge in [0.15, 0.2) is 0 Å². The second-order valence-electron chi connectivity index (χ2n) is 3.67. The van der Waals surface area contributed by atoms with Gasteiger partial charge in [0.25, 0.3) is 0 Å². The van der Waals surface area contributed by atoms with Gasteiger partial charge in [0, 0.05) is 19.6 Å². The highest BCUT2D eigenvalue weighted by molar-refractivity contribution is 5.32. The van der Waals surface area contributed by atoms with Crippen LogP contribution < -0.4 is 10.6 Å². The Morgan fingerprint density at radius 3 is 2.86 bits per heavy atom. The lowest BCUT2D eigenvalue weighted by atomic mass is 10.4. The molecule has 0 spiro atoms. The van der Waals surface area contributed by atoms with E-state index in [-0.39, 0.29) is 0 Å². The van der Waals surface area contributed by atoms with Crippen molar-refractivity contribution >= 4 is 5.95 Å². The number of tetrazole rings is 1. The Labute approximate surface area is 83.1 Å². The van der Waals surface area contributed by atoms with Crippen LogP contribution in [0.3, 0.4) is 0 Å². The maximum atomic E-state index is 5.50. The average molecular weight is 196 g/mol. The lowest BCUT2D eigenvalue weighted by Crippen LogP contribution is -2.30. The van der Waals surface area contributed by atoms with Gasteiger partial charge in [0.2, 0.25) is 5.95 Å². The number of hydrogen-bond donors (Lipinski definition) is 1. The standard InChI is InChI=1S/C8H16N6/c1-13-8(10-11-12-13)14(6-2-5-9)7-3-4-7/h7H,2-6,9H2,1H3. The molecule has 2 N–H and O–H groups in total. The van der Waals surface area contributed by atoms with Gasteiger partial charge in [0.1, 0.15) is 0 Å². The van der Waals surface area contributed by atoms with Gasteiger partial charge in [-0.1, -0.05) is 5.10 Å². The smallest absolute Gasteiger partial charge is 0.245 e. The largest absolute Gasteiger partial charge is 0.337 e. The first-order chi connectivity index (χ1) is 6.83. The molecule has 0 atom stereocenters. The molecule has 0 radical (unpaired) electrons. The van der Waals surface area contributed by atoms with Crippen molar-refractivity contribution in [2.45, 2.75) is 25.3 Å². The van der Waals surface area contributed by atoms with Gasteiger partial charge in [-0.15, -0.1) is 0 Å². The first-order valence-corrected chi connectivity index (χ1v) is 5.02. The highest BCUT2D eigenvalue weighted by Crippen LogP contribution is 2.29. The van der Waals surface area contributed by atoms with Crippen molar-refractivity contribution in [1.29, 1.82) is 0 Å². The Morgan fingerprint density at radius 2 is 2.36 bits per heavy atom. The molecule has 0 aromatic carbocycles. The van der Waals surface area contributed by atoms with Crippen LogP contribution in [-0.4, -0.2) is 39.3 Å². The van der Waals surface area contributed by atoms with Crippen molar-refractivity contribution in [1.82, 2.24) is 20.2 Å². The van der Waals surface area contributed by atoms with Crippen LogP contribution in [0.2, 0.25) is 0 Å². The molecule has 1 aromatic heterocycles. The SMILES string of the molecule is Cn1nnnc1N(CCCN)C1CC1. The number of anilines is 1. The third kappa shape index (κ3) is 1.84. The van der Waals surface area contributed by atoms with Crippen LogP contribution >= 0.6 is 0 Å². The van der Waals surface area contributed by atoms with Crippen LogP contribution in [0.5, 0.6) is 0 Å². The zero-order chi connectivity index (χ0) is 9.97. The molecule has 1 aliphatic carbocycles. The molecule has 1 heterocycles. The van der Waals surface area contributed by atoms with Crippen LogP contribution in [0.15, 0.2) is 0 Å². The molecule has 78 valence electrons. The first-order valence-electron chi connectivity index (χ1n) is 5.02. The van der Waals surface area contributed by atoms with Crippen LogP contribution in [0.25, 0.3) is 0 Å². The van der Waals surface area contributed by atoms with Gasteiger partial charge in [-0.25, -0.2) is 4.68 Å². The molecule has 2 rings (SSSR count). The summed E-state index contributed by atoms with van der Waals surface area (Å²) in [5, 5.41) is 11.5. The van der Waals surface area contributed by atoms with Crippen molar-refractivity contribution < 1.29 is 0 Å². The van der Waals surface area contributed by atoms with Crippen molar-refractivity contribution in [2.75, 3.05) is 18.0 Å². The van der Waals surface area contributed by atoms with Gasteiger partial charge in [-0.2, -0.15) is 0 Å². The number of aromatic nitrogens is 4. The number of rotatable bonds is 5. The van der Waals surface area contributed by atoms with Crippen LogP contribution in [0.1, 0.15) is 19.3 Å².